The van der Waals surface area contributed by atoms with Crippen LogP contribution in [0.5, 0.6) is 5.75 Å². The molecule has 100 valence electrons. The molecule has 2 heteroatoms. The molecule has 2 aromatic rings. The van der Waals surface area contributed by atoms with Crippen LogP contribution in [0.1, 0.15) is 32.6 Å². The van der Waals surface area contributed by atoms with Crippen LogP contribution in [0.3, 0.4) is 0 Å². The van der Waals surface area contributed by atoms with E-state index in [-0.39, 0.29) is 4.83 Å². The molecule has 0 amide bonds. The lowest BCUT2D eigenvalue weighted by atomic mass is 9.97. The minimum absolute atomic E-state index is 0.219. The predicted molar refractivity (Wildman–Crippen MR) is 84.4 cm³/mol. The highest BCUT2D eigenvalue weighted by molar-refractivity contribution is 9.09. The van der Waals surface area contributed by atoms with E-state index >= 15 is 0 Å². The Bertz CT molecular complexity index is 570. The van der Waals surface area contributed by atoms with Gasteiger partial charge >= 0.3 is 0 Å². The van der Waals surface area contributed by atoms with Crippen molar-refractivity contribution in [3.63, 3.8) is 0 Å². The molecule has 1 atom stereocenters. The first kappa shape index (κ1) is 14.1. The Morgan fingerprint density at radius 2 is 1.58 bits per heavy atom. The number of hydrogen-bond acceptors (Lipinski definition) is 1. The zero-order chi connectivity index (χ0) is 14.0. The van der Waals surface area contributed by atoms with Crippen molar-refractivity contribution in [1.82, 2.24) is 0 Å². The number of halogens is 1. The van der Waals surface area contributed by atoms with Crippen molar-refractivity contribution >= 4 is 15.9 Å². The van der Waals surface area contributed by atoms with Crippen molar-refractivity contribution < 1.29 is 4.74 Å². The summed E-state index contributed by atoms with van der Waals surface area (Å²) in [5, 5.41) is 0. The third-order valence-corrected chi connectivity index (χ3v) is 4.31. The first-order valence-electron chi connectivity index (χ1n) is 6.38. The van der Waals surface area contributed by atoms with Crippen molar-refractivity contribution in [2.45, 2.75) is 25.6 Å². The maximum Gasteiger partial charge on any atom is 0.119 e. The van der Waals surface area contributed by atoms with Crippen LogP contribution in [-0.4, -0.2) is 7.11 Å². The topological polar surface area (TPSA) is 9.23 Å². The predicted octanol–water partition coefficient (Wildman–Crippen LogP) is 5.10. The molecule has 19 heavy (non-hydrogen) atoms. The Balaban J connectivity index is 2.40. The molecular weight excluding hydrogens is 300 g/mol. The highest BCUT2D eigenvalue weighted by Crippen LogP contribution is 2.35. The molecule has 0 spiro atoms. The van der Waals surface area contributed by atoms with Crippen LogP contribution in [0.15, 0.2) is 36.4 Å². The fourth-order valence-electron chi connectivity index (χ4n) is 2.40. The van der Waals surface area contributed by atoms with Gasteiger partial charge in [0.15, 0.2) is 0 Å². The fraction of sp³-hybridized carbons (Fsp3) is 0.294. The van der Waals surface area contributed by atoms with Gasteiger partial charge < -0.3 is 4.74 Å². The molecular formula is C17H19BrO. The summed E-state index contributed by atoms with van der Waals surface area (Å²) in [6, 6.07) is 12.9. The molecule has 0 bridgehead atoms. The van der Waals surface area contributed by atoms with Crippen LogP contribution < -0.4 is 4.74 Å². The highest BCUT2D eigenvalue weighted by Gasteiger charge is 2.14. The van der Waals surface area contributed by atoms with E-state index in [0.717, 1.165) is 5.75 Å². The van der Waals surface area contributed by atoms with E-state index < -0.39 is 0 Å². The number of hydrogen-bond donors (Lipinski definition) is 0. The van der Waals surface area contributed by atoms with E-state index in [0.29, 0.717) is 0 Å². The summed E-state index contributed by atoms with van der Waals surface area (Å²) in [6.45, 7) is 6.39. The van der Waals surface area contributed by atoms with Gasteiger partial charge in [-0.15, -0.1) is 0 Å². The third-order valence-electron chi connectivity index (χ3n) is 3.29. The molecule has 0 N–H and O–H groups in total. The average molecular weight is 319 g/mol. The summed E-state index contributed by atoms with van der Waals surface area (Å²) in [5.41, 5.74) is 6.41. The molecule has 2 aromatic carbocycles. The average Bonchev–Trinajstić information content (AvgIpc) is 2.36. The Morgan fingerprint density at radius 1 is 0.947 bits per heavy atom. The van der Waals surface area contributed by atoms with Crippen molar-refractivity contribution in [1.29, 1.82) is 0 Å². The summed E-state index contributed by atoms with van der Waals surface area (Å²) in [6.07, 6.45) is 0. The molecule has 0 heterocycles. The normalized spacial score (nSPS) is 12.3. The highest BCUT2D eigenvalue weighted by atomic mass is 79.9. The second-order valence-corrected chi connectivity index (χ2v) is 5.92. The molecule has 0 saturated carbocycles. The van der Waals surface area contributed by atoms with Gasteiger partial charge in [0.25, 0.3) is 0 Å². The van der Waals surface area contributed by atoms with Crippen molar-refractivity contribution in [2.75, 3.05) is 7.11 Å². The largest absolute Gasteiger partial charge is 0.497 e. The van der Waals surface area contributed by atoms with Gasteiger partial charge in [-0.25, -0.2) is 0 Å². The molecule has 0 fully saturated rings. The van der Waals surface area contributed by atoms with Crippen LogP contribution >= 0.6 is 15.9 Å². The lowest BCUT2D eigenvalue weighted by Crippen LogP contribution is -1.98. The van der Waals surface area contributed by atoms with Gasteiger partial charge in [0, 0.05) is 0 Å². The molecule has 0 aliphatic heterocycles. The van der Waals surface area contributed by atoms with Crippen LogP contribution in [0.25, 0.3) is 0 Å². The van der Waals surface area contributed by atoms with E-state index in [2.05, 4.69) is 67.0 Å². The zero-order valence-corrected chi connectivity index (χ0v) is 13.4. The zero-order valence-electron chi connectivity index (χ0n) is 11.8. The molecule has 0 radical (unpaired) electrons. The Morgan fingerprint density at radius 3 is 2.11 bits per heavy atom. The summed E-state index contributed by atoms with van der Waals surface area (Å²) in [5.74, 6) is 0.904. The minimum Gasteiger partial charge on any atom is -0.497 e. The Kier molecular flexibility index (Phi) is 4.31. The van der Waals surface area contributed by atoms with Crippen molar-refractivity contribution in [2.24, 2.45) is 0 Å². The van der Waals surface area contributed by atoms with E-state index in [1.165, 1.54) is 27.8 Å². The Labute approximate surface area is 123 Å². The van der Waals surface area contributed by atoms with Gasteiger partial charge in [-0.2, -0.15) is 0 Å². The van der Waals surface area contributed by atoms with Crippen molar-refractivity contribution in [3.8, 4) is 5.75 Å². The number of aryl methyl sites for hydroxylation is 3. The van der Waals surface area contributed by atoms with Crippen LogP contribution in [0.4, 0.5) is 0 Å². The maximum atomic E-state index is 5.26. The Hall–Kier alpha value is -1.28. The minimum atomic E-state index is 0.219. The molecule has 0 saturated heterocycles. The van der Waals surface area contributed by atoms with Crippen LogP contribution in [0, 0.1) is 20.8 Å². The number of rotatable bonds is 3. The van der Waals surface area contributed by atoms with Crippen molar-refractivity contribution in [3.05, 3.63) is 64.2 Å². The second-order valence-electron chi connectivity index (χ2n) is 5.01. The summed E-state index contributed by atoms with van der Waals surface area (Å²) in [4.78, 5) is 0.219. The standard InChI is InChI=1S/C17H19BrO/c1-11-7-12(2)9-14(8-11)17(18)16-6-5-15(19-4)10-13(16)3/h5-10,17H,1-4H3. The van der Waals surface area contributed by atoms with Gasteiger partial charge in [0.2, 0.25) is 0 Å². The lowest BCUT2D eigenvalue weighted by molar-refractivity contribution is 0.414. The van der Waals surface area contributed by atoms with E-state index in [1.54, 1.807) is 7.11 Å². The van der Waals surface area contributed by atoms with Crippen LogP contribution in [0.2, 0.25) is 0 Å². The van der Waals surface area contributed by atoms with E-state index in [1.807, 2.05) is 6.07 Å². The van der Waals surface area contributed by atoms with Crippen LogP contribution in [-0.2, 0) is 0 Å². The maximum absolute atomic E-state index is 5.26. The van der Waals surface area contributed by atoms with Gasteiger partial charge in [-0.05, 0) is 49.6 Å². The first-order valence-corrected chi connectivity index (χ1v) is 7.29. The van der Waals surface area contributed by atoms with Gasteiger partial charge in [0.05, 0.1) is 11.9 Å². The molecule has 2 rings (SSSR count). The van der Waals surface area contributed by atoms with Gasteiger partial charge in [0.1, 0.15) is 5.75 Å². The summed E-state index contributed by atoms with van der Waals surface area (Å²) >= 11 is 3.82. The smallest absolute Gasteiger partial charge is 0.119 e. The fourth-order valence-corrected chi connectivity index (χ4v) is 3.17. The SMILES string of the molecule is COc1ccc(C(Br)c2cc(C)cc(C)c2)c(C)c1. The first-order chi connectivity index (χ1) is 9.01. The van der Waals surface area contributed by atoms with Gasteiger partial charge in [-0.3, -0.25) is 0 Å². The van der Waals surface area contributed by atoms with Gasteiger partial charge in [-0.1, -0.05) is 51.3 Å². The second kappa shape index (κ2) is 5.79. The monoisotopic (exact) mass is 318 g/mol. The van der Waals surface area contributed by atoms with E-state index in [4.69, 9.17) is 4.74 Å². The quantitative estimate of drug-likeness (QED) is 0.715. The summed E-state index contributed by atoms with van der Waals surface area (Å²) < 4.78 is 5.26. The number of methoxy groups -OCH3 is 1. The number of alkyl halides is 1. The lowest BCUT2D eigenvalue weighted by Gasteiger charge is -2.16. The molecule has 0 aromatic heterocycles. The molecule has 1 unspecified atom stereocenters. The molecule has 0 aliphatic rings. The van der Waals surface area contributed by atoms with E-state index in [9.17, 15) is 0 Å². The summed E-state index contributed by atoms with van der Waals surface area (Å²) in [7, 11) is 1.70. The number of benzene rings is 2. The number of ether oxygens (including phenoxy) is 1. The molecule has 1 nitrogen and oxygen atoms in total. The third kappa shape index (κ3) is 3.19. The molecule has 0 aliphatic carbocycles.